The van der Waals surface area contributed by atoms with E-state index in [-0.39, 0.29) is 11.6 Å². The summed E-state index contributed by atoms with van der Waals surface area (Å²) in [6.07, 6.45) is 0.894. The second-order valence-corrected chi connectivity index (χ2v) is 4.11. The first-order valence-corrected chi connectivity index (χ1v) is 5.74. The van der Waals surface area contributed by atoms with Crippen molar-refractivity contribution in [2.75, 3.05) is 19.0 Å². The lowest BCUT2D eigenvalue weighted by Crippen LogP contribution is -2.24. The normalized spacial score (nSPS) is 12.2. The zero-order chi connectivity index (χ0) is 12.8. The predicted octanol–water partition coefficient (Wildman–Crippen LogP) is 2.88. The van der Waals surface area contributed by atoms with Crippen molar-refractivity contribution >= 4 is 23.3 Å². The van der Waals surface area contributed by atoms with Crippen molar-refractivity contribution in [3.8, 4) is 0 Å². The highest BCUT2D eigenvalue weighted by atomic mass is 35.5. The van der Waals surface area contributed by atoms with Crippen LogP contribution in [0.2, 0.25) is 5.02 Å². The van der Waals surface area contributed by atoms with Crippen LogP contribution in [0.4, 0.5) is 5.69 Å². The third kappa shape index (κ3) is 3.91. The number of hydrogen-bond donors (Lipinski definition) is 2. The maximum atomic E-state index is 10.7. The summed E-state index contributed by atoms with van der Waals surface area (Å²) in [7, 11) is 1.64. The van der Waals surface area contributed by atoms with Gasteiger partial charge in [0.15, 0.2) is 0 Å². The number of methoxy groups -OCH3 is 1. The molecule has 0 aliphatic rings. The standard InChI is InChI=1S/C12H16ClNO3/c1-3-9(7-17-2)14-11-5-4-8(12(15)16)6-10(11)13/h4-6,9,14H,3,7H2,1-2H3,(H,15,16). The Morgan fingerprint density at radius 1 is 1.59 bits per heavy atom. The van der Waals surface area contributed by atoms with Gasteiger partial charge in [0.2, 0.25) is 0 Å². The molecule has 0 heterocycles. The van der Waals surface area contributed by atoms with Crippen LogP contribution in [0.1, 0.15) is 23.7 Å². The molecule has 1 aromatic carbocycles. The number of carboxylic acid groups (broad SMARTS) is 1. The molecule has 1 atom stereocenters. The van der Waals surface area contributed by atoms with E-state index in [2.05, 4.69) is 5.32 Å². The minimum atomic E-state index is -0.984. The minimum absolute atomic E-state index is 0.160. The van der Waals surface area contributed by atoms with Crippen LogP contribution in [0.5, 0.6) is 0 Å². The molecule has 0 spiro atoms. The fraction of sp³-hybridized carbons (Fsp3) is 0.417. The second kappa shape index (κ2) is 6.47. The molecule has 1 rings (SSSR count). The number of rotatable bonds is 6. The third-order valence-electron chi connectivity index (χ3n) is 2.44. The van der Waals surface area contributed by atoms with Gasteiger partial charge in [-0.3, -0.25) is 0 Å². The van der Waals surface area contributed by atoms with Crippen LogP contribution in [-0.4, -0.2) is 30.8 Å². The highest BCUT2D eigenvalue weighted by Crippen LogP contribution is 2.24. The lowest BCUT2D eigenvalue weighted by Gasteiger charge is -2.18. The van der Waals surface area contributed by atoms with Gasteiger partial charge in [-0.15, -0.1) is 0 Å². The average molecular weight is 258 g/mol. The third-order valence-corrected chi connectivity index (χ3v) is 2.75. The summed E-state index contributed by atoms with van der Waals surface area (Å²) >= 11 is 6.01. The van der Waals surface area contributed by atoms with Gasteiger partial charge in [-0.2, -0.15) is 0 Å². The molecular formula is C12H16ClNO3. The summed E-state index contributed by atoms with van der Waals surface area (Å²) in [5.41, 5.74) is 0.904. The quantitative estimate of drug-likeness (QED) is 0.823. The highest BCUT2D eigenvalue weighted by molar-refractivity contribution is 6.33. The number of ether oxygens (including phenoxy) is 1. The fourth-order valence-electron chi connectivity index (χ4n) is 1.45. The zero-order valence-electron chi connectivity index (χ0n) is 9.87. The van der Waals surface area contributed by atoms with Crippen LogP contribution in [0.3, 0.4) is 0 Å². The van der Waals surface area contributed by atoms with E-state index < -0.39 is 5.97 Å². The van der Waals surface area contributed by atoms with Crippen LogP contribution in [0, 0.1) is 0 Å². The van der Waals surface area contributed by atoms with Crippen LogP contribution in [-0.2, 0) is 4.74 Å². The van der Waals surface area contributed by atoms with E-state index in [1.54, 1.807) is 13.2 Å². The van der Waals surface area contributed by atoms with Crippen molar-refractivity contribution in [3.63, 3.8) is 0 Å². The van der Waals surface area contributed by atoms with Crippen LogP contribution in [0.15, 0.2) is 18.2 Å². The van der Waals surface area contributed by atoms with Crippen molar-refractivity contribution in [1.82, 2.24) is 0 Å². The number of halogens is 1. The van der Waals surface area contributed by atoms with Gasteiger partial charge in [-0.05, 0) is 24.6 Å². The van der Waals surface area contributed by atoms with Crippen molar-refractivity contribution in [2.45, 2.75) is 19.4 Å². The smallest absolute Gasteiger partial charge is 0.335 e. The Kier molecular flexibility index (Phi) is 5.25. The Balaban J connectivity index is 2.81. The van der Waals surface area contributed by atoms with Crippen molar-refractivity contribution in [1.29, 1.82) is 0 Å². The molecule has 2 N–H and O–H groups in total. The summed E-state index contributed by atoms with van der Waals surface area (Å²) in [4.78, 5) is 10.7. The first kappa shape index (κ1) is 13.8. The van der Waals surface area contributed by atoms with E-state index in [0.717, 1.165) is 12.1 Å². The Morgan fingerprint density at radius 3 is 2.76 bits per heavy atom. The summed E-state index contributed by atoms with van der Waals surface area (Å²) in [6, 6.07) is 4.79. The van der Waals surface area contributed by atoms with E-state index in [9.17, 15) is 4.79 Å². The van der Waals surface area contributed by atoms with Crippen LogP contribution >= 0.6 is 11.6 Å². The van der Waals surface area contributed by atoms with E-state index in [1.165, 1.54) is 12.1 Å². The molecule has 94 valence electrons. The number of aromatic carboxylic acids is 1. The monoisotopic (exact) mass is 257 g/mol. The molecule has 0 aromatic heterocycles. The molecule has 0 radical (unpaired) electrons. The zero-order valence-corrected chi connectivity index (χ0v) is 10.6. The van der Waals surface area contributed by atoms with Gasteiger partial charge >= 0.3 is 5.97 Å². The van der Waals surface area contributed by atoms with Crippen molar-refractivity contribution in [2.24, 2.45) is 0 Å². The first-order chi connectivity index (χ1) is 8.08. The fourth-order valence-corrected chi connectivity index (χ4v) is 1.68. The Hall–Kier alpha value is -1.26. The van der Waals surface area contributed by atoms with Gasteiger partial charge in [0.1, 0.15) is 0 Å². The topological polar surface area (TPSA) is 58.6 Å². The molecule has 0 aliphatic heterocycles. The van der Waals surface area contributed by atoms with E-state index in [1.807, 2.05) is 6.92 Å². The average Bonchev–Trinajstić information content (AvgIpc) is 2.30. The lowest BCUT2D eigenvalue weighted by atomic mass is 10.1. The molecule has 0 bridgehead atoms. The molecule has 17 heavy (non-hydrogen) atoms. The number of anilines is 1. The number of nitrogens with one attached hydrogen (secondary N) is 1. The van der Waals surface area contributed by atoms with Gasteiger partial charge in [0.05, 0.1) is 22.9 Å². The van der Waals surface area contributed by atoms with E-state index in [4.69, 9.17) is 21.4 Å². The number of carbonyl (C=O) groups is 1. The number of hydrogen-bond acceptors (Lipinski definition) is 3. The molecule has 0 aliphatic carbocycles. The molecule has 0 fully saturated rings. The number of carboxylic acids is 1. The Labute approximate surface area is 106 Å². The van der Waals surface area contributed by atoms with Crippen molar-refractivity contribution in [3.05, 3.63) is 28.8 Å². The largest absolute Gasteiger partial charge is 0.478 e. The first-order valence-electron chi connectivity index (χ1n) is 5.36. The molecular weight excluding hydrogens is 242 g/mol. The van der Waals surface area contributed by atoms with Gasteiger partial charge in [0.25, 0.3) is 0 Å². The Morgan fingerprint density at radius 2 is 2.29 bits per heavy atom. The molecule has 0 saturated carbocycles. The summed E-state index contributed by atoms with van der Waals surface area (Å²) in [5, 5.41) is 12.4. The second-order valence-electron chi connectivity index (χ2n) is 3.70. The van der Waals surface area contributed by atoms with Gasteiger partial charge in [-0.25, -0.2) is 4.79 Å². The predicted molar refractivity (Wildman–Crippen MR) is 68.0 cm³/mol. The van der Waals surface area contributed by atoms with Gasteiger partial charge in [0, 0.05) is 13.2 Å². The van der Waals surface area contributed by atoms with Crippen LogP contribution < -0.4 is 5.32 Å². The maximum Gasteiger partial charge on any atom is 0.335 e. The Bertz CT molecular complexity index is 395. The highest BCUT2D eigenvalue weighted by Gasteiger charge is 2.10. The molecule has 0 saturated heterocycles. The maximum absolute atomic E-state index is 10.7. The molecule has 1 aromatic rings. The minimum Gasteiger partial charge on any atom is -0.478 e. The van der Waals surface area contributed by atoms with Crippen molar-refractivity contribution < 1.29 is 14.6 Å². The van der Waals surface area contributed by atoms with Gasteiger partial charge < -0.3 is 15.2 Å². The van der Waals surface area contributed by atoms with E-state index in [0.29, 0.717) is 11.6 Å². The lowest BCUT2D eigenvalue weighted by molar-refractivity contribution is 0.0697. The molecule has 0 amide bonds. The van der Waals surface area contributed by atoms with Gasteiger partial charge in [-0.1, -0.05) is 18.5 Å². The molecule has 5 heteroatoms. The summed E-state index contributed by atoms with van der Waals surface area (Å²) in [6.45, 7) is 2.61. The van der Waals surface area contributed by atoms with E-state index >= 15 is 0 Å². The number of benzene rings is 1. The molecule has 1 unspecified atom stereocenters. The molecule has 4 nitrogen and oxygen atoms in total. The summed E-state index contributed by atoms with van der Waals surface area (Å²) < 4.78 is 5.07. The van der Waals surface area contributed by atoms with Crippen LogP contribution in [0.25, 0.3) is 0 Å². The SMILES string of the molecule is CCC(COC)Nc1ccc(C(=O)O)cc1Cl. The summed E-state index contributed by atoms with van der Waals surface area (Å²) in [5.74, 6) is -0.984.